The molecular formula is C19H34IN5S2. The predicted octanol–water partition coefficient (Wildman–Crippen LogP) is 3.94. The van der Waals surface area contributed by atoms with Gasteiger partial charge in [-0.3, -0.25) is 4.99 Å². The van der Waals surface area contributed by atoms with Gasteiger partial charge in [-0.2, -0.15) is 11.8 Å². The number of hydrogen-bond donors (Lipinski definition) is 1. The van der Waals surface area contributed by atoms with E-state index in [4.69, 9.17) is 9.98 Å². The van der Waals surface area contributed by atoms with Gasteiger partial charge in [0.25, 0.3) is 0 Å². The highest BCUT2D eigenvalue weighted by atomic mass is 127. The smallest absolute Gasteiger partial charge is 0.193 e. The minimum atomic E-state index is 0. The number of rotatable bonds is 6. The van der Waals surface area contributed by atoms with Crippen LogP contribution >= 0.6 is 47.1 Å². The molecule has 1 atom stereocenters. The van der Waals surface area contributed by atoms with Crippen molar-refractivity contribution in [1.82, 2.24) is 15.2 Å². The van der Waals surface area contributed by atoms with Gasteiger partial charge in [-0.25, -0.2) is 4.98 Å². The average Bonchev–Trinajstić information content (AvgIpc) is 3.32. The third kappa shape index (κ3) is 6.66. The van der Waals surface area contributed by atoms with Crippen molar-refractivity contribution >= 4 is 58.2 Å². The number of thiazole rings is 1. The van der Waals surface area contributed by atoms with Crippen LogP contribution in [-0.4, -0.2) is 66.1 Å². The standard InChI is InChI=1S/C19H33N5S2.HI/c1-4-20-18(24-11-12-25-17(13-24)15(2)3)21-8-7-16-14-26-19(22-16)23-9-5-6-10-23;/h14-15,17H,4-13H2,1-3H3,(H,20,21);1H. The van der Waals surface area contributed by atoms with Crippen molar-refractivity contribution in [2.75, 3.05) is 49.9 Å². The van der Waals surface area contributed by atoms with Crippen LogP contribution in [-0.2, 0) is 6.42 Å². The van der Waals surface area contributed by atoms with Crippen LogP contribution in [0.25, 0.3) is 0 Å². The van der Waals surface area contributed by atoms with E-state index in [2.05, 4.69) is 53.0 Å². The van der Waals surface area contributed by atoms with Crippen LogP contribution in [0.15, 0.2) is 10.4 Å². The number of nitrogens with one attached hydrogen (secondary N) is 1. The van der Waals surface area contributed by atoms with Gasteiger partial charge in [-0.05, 0) is 25.7 Å². The minimum Gasteiger partial charge on any atom is -0.357 e. The third-order valence-electron chi connectivity index (χ3n) is 5.02. The van der Waals surface area contributed by atoms with Gasteiger partial charge in [0, 0.05) is 62.1 Å². The highest BCUT2D eigenvalue weighted by Crippen LogP contribution is 2.26. The second-order valence-corrected chi connectivity index (χ2v) is 9.58. The molecule has 2 aliphatic heterocycles. The molecular weight excluding hydrogens is 489 g/mol. The first-order valence-electron chi connectivity index (χ1n) is 10.0. The first-order chi connectivity index (χ1) is 12.7. The van der Waals surface area contributed by atoms with E-state index >= 15 is 0 Å². The zero-order valence-electron chi connectivity index (χ0n) is 16.8. The largest absolute Gasteiger partial charge is 0.357 e. The molecule has 27 heavy (non-hydrogen) atoms. The van der Waals surface area contributed by atoms with Crippen LogP contribution in [0.1, 0.15) is 39.3 Å². The molecule has 8 heteroatoms. The molecule has 1 N–H and O–H groups in total. The molecule has 1 aromatic heterocycles. The monoisotopic (exact) mass is 523 g/mol. The predicted molar refractivity (Wildman–Crippen MR) is 131 cm³/mol. The normalized spacial score (nSPS) is 20.9. The fourth-order valence-electron chi connectivity index (χ4n) is 3.44. The summed E-state index contributed by atoms with van der Waals surface area (Å²) in [5, 5.41) is 7.60. The third-order valence-corrected chi connectivity index (χ3v) is 7.51. The summed E-state index contributed by atoms with van der Waals surface area (Å²) in [6, 6.07) is 0. The van der Waals surface area contributed by atoms with E-state index < -0.39 is 0 Å². The summed E-state index contributed by atoms with van der Waals surface area (Å²) in [7, 11) is 0. The summed E-state index contributed by atoms with van der Waals surface area (Å²) in [6.07, 6.45) is 3.53. The zero-order chi connectivity index (χ0) is 18.4. The molecule has 1 aromatic rings. The van der Waals surface area contributed by atoms with Crippen LogP contribution in [0.5, 0.6) is 0 Å². The van der Waals surface area contributed by atoms with Crippen molar-refractivity contribution in [3.05, 3.63) is 11.1 Å². The van der Waals surface area contributed by atoms with Gasteiger partial charge in [-0.15, -0.1) is 35.3 Å². The van der Waals surface area contributed by atoms with Crippen molar-refractivity contribution in [2.45, 2.75) is 45.3 Å². The van der Waals surface area contributed by atoms with Gasteiger partial charge in [-0.1, -0.05) is 13.8 Å². The molecule has 0 saturated carbocycles. The molecule has 0 aromatic carbocycles. The Morgan fingerprint density at radius 3 is 2.81 bits per heavy atom. The fourth-order valence-corrected chi connectivity index (χ4v) is 5.65. The number of anilines is 1. The van der Waals surface area contributed by atoms with Crippen LogP contribution in [0, 0.1) is 5.92 Å². The molecule has 0 radical (unpaired) electrons. The van der Waals surface area contributed by atoms with Gasteiger partial charge in [0.2, 0.25) is 0 Å². The lowest BCUT2D eigenvalue weighted by atomic mass is 10.1. The summed E-state index contributed by atoms with van der Waals surface area (Å²) in [5.41, 5.74) is 1.19. The Bertz CT molecular complexity index is 586. The summed E-state index contributed by atoms with van der Waals surface area (Å²) in [5.74, 6) is 2.98. The van der Waals surface area contributed by atoms with E-state index in [9.17, 15) is 0 Å². The number of hydrogen-bond acceptors (Lipinski definition) is 5. The number of aromatic nitrogens is 1. The van der Waals surface area contributed by atoms with Crippen LogP contribution in [0.4, 0.5) is 5.13 Å². The molecule has 3 rings (SSSR count). The Labute approximate surface area is 189 Å². The van der Waals surface area contributed by atoms with Crippen molar-refractivity contribution in [3.63, 3.8) is 0 Å². The first kappa shape index (κ1) is 23.1. The number of thioether (sulfide) groups is 1. The van der Waals surface area contributed by atoms with Gasteiger partial charge < -0.3 is 15.1 Å². The van der Waals surface area contributed by atoms with Gasteiger partial charge in [0.05, 0.1) is 5.69 Å². The summed E-state index contributed by atoms with van der Waals surface area (Å²) in [4.78, 5) is 14.6. The molecule has 5 nitrogen and oxygen atoms in total. The van der Waals surface area contributed by atoms with E-state index in [1.165, 1.54) is 42.5 Å². The lowest BCUT2D eigenvalue weighted by molar-refractivity contribution is 0.381. The summed E-state index contributed by atoms with van der Waals surface area (Å²) >= 11 is 3.89. The second kappa shape index (κ2) is 11.7. The number of guanidine groups is 1. The van der Waals surface area contributed by atoms with Gasteiger partial charge in [0.15, 0.2) is 11.1 Å². The Morgan fingerprint density at radius 2 is 2.11 bits per heavy atom. The van der Waals surface area contributed by atoms with E-state index in [-0.39, 0.29) is 24.0 Å². The quantitative estimate of drug-likeness (QED) is 0.348. The van der Waals surface area contributed by atoms with Crippen molar-refractivity contribution in [1.29, 1.82) is 0 Å². The topological polar surface area (TPSA) is 43.8 Å². The molecule has 0 aliphatic carbocycles. The molecule has 2 aliphatic rings. The molecule has 3 heterocycles. The van der Waals surface area contributed by atoms with E-state index in [0.717, 1.165) is 38.6 Å². The molecule has 0 bridgehead atoms. The maximum absolute atomic E-state index is 4.91. The lowest BCUT2D eigenvalue weighted by Gasteiger charge is -2.36. The maximum atomic E-state index is 4.91. The molecule has 0 amide bonds. The molecule has 2 fully saturated rings. The van der Waals surface area contributed by atoms with Crippen LogP contribution < -0.4 is 10.2 Å². The van der Waals surface area contributed by atoms with E-state index in [0.29, 0.717) is 11.2 Å². The Morgan fingerprint density at radius 1 is 1.33 bits per heavy atom. The van der Waals surface area contributed by atoms with Crippen LogP contribution in [0.2, 0.25) is 0 Å². The van der Waals surface area contributed by atoms with Crippen molar-refractivity contribution < 1.29 is 0 Å². The molecule has 0 spiro atoms. The zero-order valence-corrected chi connectivity index (χ0v) is 20.8. The Kier molecular flexibility index (Phi) is 10.00. The van der Waals surface area contributed by atoms with E-state index in [1.54, 1.807) is 11.3 Å². The molecule has 154 valence electrons. The number of nitrogens with zero attached hydrogens (tertiary/aromatic N) is 4. The second-order valence-electron chi connectivity index (χ2n) is 7.40. The maximum Gasteiger partial charge on any atom is 0.193 e. The molecule has 2 saturated heterocycles. The molecule has 1 unspecified atom stereocenters. The Balaban J connectivity index is 0.00000261. The minimum absolute atomic E-state index is 0. The lowest BCUT2D eigenvalue weighted by Crippen LogP contribution is -2.49. The summed E-state index contributed by atoms with van der Waals surface area (Å²) in [6.45, 7) is 13.1. The van der Waals surface area contributed by atoms with E-state index in [1.807, 2.05) is 0 Å². The van der Waals surface area contributed by atoms with Crippen molar-refractivity contribution in [2.24, 2.45) is 10.9 Å². The number of halogens is 1. The summed E-state index contributed by atoms with van der Waals surface area (Å²) < 4.78 is 0. The number of aliphatic imine (C=N–C) groups is 1. The highest BCUT2D eigenvalue weighted by Gasteiger charge is 2.24. The first-order valence-corrected chi connectivity index (χ1v) is 11.9. The SMILES string of the molecule is CCNC(=NCCc1csc(N2CCCC2)n1)N1CCSC(C(C)C)C1.I. The van der Waals surface area contributed by atoms with Gasteiger partial charge in [0.1, 0.15) is 0 Å². The van der Waals surface area contributed by atoms with Crippen LogP contribution in [0.3, 0.4) is 0 Å². The highest BCUT2D eigenvalue weighted by molar-refractivity contribution is 14.0. The fraction of sp³-hybridized carbons (Fsp3) is 0.789. The van der Waals surface area contributed by atoms with Crippen molar-refractivity contribution in [3.8, 4) is 0 Å². The van der Waals surface area contributed by atoms with Gasteiger partial charge >= 0.3 is 0 Å². The Hall–Kier alpha value is -0.220. The average molecular weight is 524 g/mol.